The van der Waals surface area contributed by atoms with Gasteiger partial charge in [-0.25, -0.2) is 8.42 Å². The predicted molar refractivity (Wildman–Crippen MR) is 36.3 cm³/mol. The molecular formula is C5H8F3NO2S. The summed E-state index contributed by atoms with van der Waals surface area (Å²) >= 11 is 0. The van der Waals surface area contributed by atoms with Crippen LogP contribution in [0.1, 0.15) is 0 Å². The van der Waals surface area contributed by atoms with Gasteiger partial charge in [0.05, 0.1) is 5.75 Å². The van der Waals surface area contributed by atoms with E-state index in [1.165, 1.54) is 0 Å². The second-order valence-electron chi connectivity index (χ2n) is 2.85. The number of hydrogen-bond acceptors (Lipinski definition) is 3. The molecule has 1 rings (SSSR count). The van der Waals surface area contributed by atoms with Crippen molar-refractivity contribution < 1.29 is 21.6 Å². The molecule has 1 fully saturated rings. The fraction of sp³-hybridized carbons (Fsp3) is 1.00. The third-order valence-electron chi connectivity index (χ3n) is 1.72. The average Bonchev–Trinajstić information content (AvgIpc) is 2.03. The highest BCUT2D eigenvalue weighted by Crippen LogP contribution is 2.29. The molecule has 1 atom stereocenters. The van der Waals surface area contributed by atoms with Gasteiger partial charge in [0.15, 0.2) is 9.84 Å². The third-order valence-corrected chi connectivity index (χ3v) is 3.35. The van der Waals surface area contributed by atoms with E-state index in [4.69, 9.17) is 0 Å². The lowest BCUT2D eigenvalue weighted by Crippen LogP contribution is -2.40. The van der Waals surface area contributed by atoms with Crippen molar-refractivity contribution in [1.29, 1.82) is 0 Å². The Bertz CT molecular complexity index is 271. The second-order valence-corrected chi connectivity index (χ2v) is 4.93. The van der Waals surface area contributed by atoms with Gasteiger partial charge in [0, 0.05) is 0 Å². The van der Waals surface area contributed by atoms with E-state index in [-0.39, 0.29) is 0 Å². The van der Waals surface area contributed by atoms with Crippen LogP contribution in [0.15, 0.2) is 0 Å². The molecule has 3 nitrogen and oxygen atoms in total. The lowest BCUT2D eigenvalue weighted by molar-refractivity contribution is -0.169. The highest BCUT2D eigenvalue weighted by molar-refractivity contribution is 7.91. The number of alkyl halides is 3. The maximum absolute atomic E-state index is 12.0. The lowest BCUT2D eigenvalue weighted by atomic mass is 10.3. The molecule has 0 aromatic heterocycles. The maximum Gasteiger partial charge on any atom is 0.405 e. The van der Waals surface area contributed by atoms with Crippen molar-refractivity contribution >= 4 is 9.84 Å². The number of nitrogens with zero attached hydrogens (tertiary/aromatic N) is 1. The smallest absolute Gasteiger partial charge is 0.281 e. The Labute approximate surface area is 68.1 Å². The molecule has 1 aliphatic heterocycles. The molecule has 1 heterocycles. The molecule has 7 heteroatoms. The first kappa shape index (κ1) is 9.79. The average molecular weight is 203 g/mol. The number of halogens is 3. The fourth-order valence-corrected chi connectivity index (χ4v) is 3.00. The van der Waals surface area contributed by atoms with Gasteiger partial charge >= 0.3 is 6.18 Å². The van der Waals surface area contributed by atoms with Crippen LogP contribution in [0.4, 0.5) is 13.2 Å². The number of rotatable bonds is 0. The molecule has 0 aromatic carbocycles. The van der Waals surface area contributed by atoms with E-state index in [0.717, 1.165) is 11.9 Å². The molecule has 1 unspecified atom stereocenters. The van der Waals surface area contributed by atoms with Gasteiger partial charge in [-0.3, -0.25) is 4.90 Å². The molecule has 0 N–H and O–H groups in total. The van der Waals surface area contributed by atoms with E-state index in [2.05, 4.69) is 0 Å². The highest BCUT2D eigenvalue weighted by Gasteiger charge is 2.49. The van der Waals surface area contributed by atoms with Crippen LogP contribution in [-0.4, -0.2) is 44.2 Å². The molecule has 0 amide bonds. The van der Waals surface area contributed by atoms with Crippen LogP contribution in [0.5, 0.6) is 0 Å². The summed E-state index contributed by atoms with van der Waals surface area (Å²) in [4.78, 5) is 0.801. The molecule has 0 aliphatic carbocycles. The predicted octanol–water partition coefficient (Wildman–Crippen LogP) is 0.235. The van der Waals surface area contributed by atoms with Gasteiger partial charge in [0.1, 0.15) is 11.9 Å². The van der Waals surface area contributed by atoms with Crippen molar-refractivity contribution in [1.82, 2.24) is 4.90 Å². The van der Waals surface area contributed by atoms with Gasteiger partial charge in [0.2, 0.25) is 0 Å². The van der Waals surface area contributed by atoms with E-state index in [0.29, 0.717) is 0 Å². The van der Waals surface area contributed by atoms with Crippen molar-refractivity contribution in [3.63, 3.8) is 0 Å². The van der Waals surface area contributed by atoms with Crippen molar-refractivity contribution in [3.05, 3.63) is 0 Å². The maximum atomic E-state index is 12.0. The van der Waals surface area contributed by atoms with Crippen LogP contribution < -0.4 is 0 Å². The summed E-state index contributed by atoms with van der Waals surface area (Å²) in [7, 11) is -2.37. The van der Waals surface area contributed by atoms with Gasteiger partial charge < -0.3 is 0 Å². The Morgan fingerprint density at radius 2 is 1.92 bits per heavy atom. The largest absolute Gasteiger partial charge is 0.405 e. The van der Waals surface area contributed by atoms with Crippen LogP contribution in [-0.2, 0) is 9.84 Å². The minimum absolute atomic E-state index is 0.503. The fourth-order valence-electron chi connectivity index (χ4n) is 1.17. The molecule has 0 bridgehead atoms. The van der Waals surface area contributed by atoms with Gasteiger partial charge in [-0.05, 0) is 7.05 Å². The molecular weight excluding hydrogens is 195 g/mol. The van der Waals surface area contributed by atoms with Crippen molar-refractivity contribution in [2.24, 2.45) is 0 Å². The van der Waals surface area contributed by atoms with E-state index in [1.54, 1.807) is 0 Å². The van der Waals surface area contributed by atoms with Gasteiger partial charge in [-0.15, -0.1) is 0 Å². The molecule has 0 spiro atoms. The van der Waals surface area contributed by atoms with Gasteiger partial charge in [-0.2, -0.15) is 13.2 Å². The Morgan fingerprint density at radius 3 is 2.08 bits per heavy atom. The summed E-state index contributed by atoms with van der Waals surface area (Å²) < 4.78 is 57.7. The van der Waals surface area contributed by atoms with Crippen molar-refractivity contribution in [2.45, 2.75) is 12.2 Å². The van der Waals surface area contributed by atoms with E-state index in [9.17, 15) is 21.6 Å². The topological polar surface area (TPSA) is 37.4 Å². The first-order chi connectivity index (χ1) is 5.22. The molecule has 1 aliphatic rings. The summed E-state index contributed by atoms with van der Waals surface area (Å²) in [6.07, 6.45) is -4.45. The van der Waals surface area contributed by atoms with E-state index in [1.807, 2.05) is 0 Å². The summed E-state index contributed by atoms with van der Waals surface area (Å²) in [5.41, 5.74) is 0. The molecule has 0 aromatic rings. The molecule has 1 saturated heterocycles. The first-order valence-electron chi connectivity index (χ1n) is 3.20. The Balaban J connectivity index is 2.85. The van der Waals surface area contributed by atoms with E-state index >= 15 is 0 Å². The summed E-state index contributed by atoms with van der Waals surface area (Å²) in [5, 5.41) is 0. The zero-order valence-corrected chi connectivity index (χ0v) is 7.11. The Hall–Kier alpha value is -0.300. The second kappa shape index (κ2) is 2.59. The summed E-state index contributed by atoms with van der Waals surface area (Å²) in [6.45, 7) is 0. The lowest BCUT2D eigenvalue weighted by Gasteiger charge is -2.19. The van der Waals surface area contributed by atoms with E-state index < -0.39 is 33.7 Å². The monoisotopic (exact) mass is 203 g/mol. The number of sulfone groups is 1. The summed E-state index contributed by atoms with van der Waals surface area (Å²) in [6, 6.07) is -1.83. The van der Waals surface area contributed by atoms with Gasteiger partial charge in [0.25, 0.3) is 0 Å². The van der Waals surface area contributed by atoms with Crippen LogP contribution in [0.2, 0.25) is 0 Å². The zero-order valence-electron chi connectivity index (χ0n) is 6.30. The Kier molecular flexibility index (Phi) is 2.12. The van der Waals surface area contributed by atoms with Crippen LogP contribution in [0.25, 0.3) is 0 Å². The third kappa shape index (κ3) is 1.89. The molecule has 72 valence electrons. The van der Waals surface area contributed by atoms with Crippen LogP contribution in [0.3, 0.4) is 0 Å². The molecule has 0 saturated carbocycles. The molecule has 12 heavy (non-hydrogen) atoms. The SMILES string of the molecule is CN1CS(=O)(=O)CC1C(F)(F)F. The first-order valence-corrected chi connectivity index (χ1v) is 5.02. The highest BCUT2D eigenvalue weighted by atomic mass is 32.2. The zero-order chi connectivity index (χ0) is 9.57. The molecule has 0 radical (unpaired) electrons. The quantitative estimate of drug-likeness (QED) is 0.565. The van der Waals surface area contributed by atoms with Crippen LogP contribution in [0, 0.1) is 0 Å². The normalized spacial score (nSPS) is 30.8. The Morgan fingerprint density at radius 1 is 1.42 bits per heavy atom. The standard InChI is InChI=1S/C5H8F3NO2S/c1-9-3-12(10,11)2-4(9)5(6,7)8/h4H,2-3H2,1H3. The van der Waals surface area contributed by atoms with Crippen LogP contribution >= 0.6 is 0 Å². The van der Waals surface area contributed by atoms with Crippen molar-refractivity contribution in [3.8, 4) is 0 Å². The van der Waals surface area contributed by atoms with Gasteiger partial charge in [-0.1, -0.05) is 0 Å². The summed E-state index contributed by atoms with van der Waals surface area (Å²) in [5.74, 6) is -1.32. The number of hydrogen-bond donors (Lipinski definition) is 0. The van der Waals surface area contributed by atoms with Crippen molar-refractivity contribution in [2.75, 3.05) is 18.7 Å². The minimum Gasteiger partial charge on any atom is -0.281 e. The minimum atomic E-state index is -4.45.